The van der Waals surface area contributed by atoms with Crippen LogP contribution in [0.2, 0.25) is 0 Å². The van der Waals surface area contributed by atoms with Crippen LogP contribution in [0.25, 0.3) is 0 Å². The van der Waals surface area contributed by atoms with E-state index >= 15 is 0 Å². The van der Waals surface area contributed by atoms with Gasteiger partial charge in [0, 0.05) is 23.6 Å². The van der Waals surface area contributed by atoms with Crippen LogP contribution in [-0.4, -0.2) is 15.7 Å². The minimum Gasteiger partial charge on any atom is -0.379 e. The average Bonchev–Trinajstić information content (AvgIpc) is 3.02. The third kappa shape index (κ3) is 4.70. The number of aromatic nitrogens is 2. The second-order valence-corrected chi connectivity index (χ2v) is 6.12. The van der Waals surface area contributed by atoms with Gasteiger partial charge in [0.1, 0.15) is 6.54 Å². The Morgan fingerprint density at radius 1 is 1.08 bits per heavy atom. The first-order valence-electron chi connectivity index (χ1n) is 8.30. The second-order valence-electron chi connectivity index (χ2n) is 6.12. The van der Waals surface area contributed by atoms with Gasteiger partial charge >= 0.3 is 0 Å². The predicted octanol–water partition coefficient (Wildman–Crippen LogP) is 4.00. The van der Waals surface area contributed by atoms with E-state index in [1.54, 1.807) is 10.9 Å². The SMILES string of the molecule is Cc1cnn(CC(=O)Nc2ccc(N[C@H](C)c3ccccc3)cc2)c1. The van der Waals surface area contributed by atoms with Gasteiger partial charge in [0.25, 0.3) is 0 Å². The molecule has 1 amide bonds. The van der Waals surface area contributed by atoms with Crippen LogP contribution in [0.3, 0.4) is 0 Å². The molecule has 1 aromatic heterocycles. The van der Waals surface area contributed by atoms with Gasteiger partial charge in [-0.3, -0.25) is 9.48 Å². The number of aryl methyl sites for hydroxylation is 1. The average molecular weight is 334 g/mol. The molecule has 1 heterocycles. The molecule has 5 heteroatoms. The zero-order valence-corrected chi connectivity index (χ0v) is 14.4. The third-order valence-electron chi connectivity index (χ3n) is 3.92. The summed E-state index contributed by atoms with van der Waals surface area (Å²) < 4.78 is 1.63. The number of hydrogen-bond donors (Lipinski definition) is 2. The lowest BCUT2D eigenvalue weighted by molar-refractivity contribution is -0.116. The van der Waals surface area contributed by atoms with Crippen molar-refractivity contribution in [3.05, 3.63) is 78.1 Å². The standard InChI is InChI=1S/C20H22N4O/c1-15-12-21-24(13-15)14-20(25)23-19-10-8-18(9-11-19)22-16(2)17-6-4-3-5-7-17/h3-13,16,22H,14H2,1-2H3,(H,23,25)/t16-/m1/s1. The zero-order valence-electron chi connectivity index (χ0n) is 14.4. The van der Waals surface area contributed by atoms with Gasteiger partial charge < -0.3 is 10.6 Å². The highest BCUT2D eigenvalue weighted by Crippen LogP contribution is 2.20. The molecule has 3 rings (SSSR count). The Balaban J connectivity index is 1.55. The molecular weight excluding hydrogens is 312 g/mol. The summed E-state index contributed by atoms with van der Waals surface area (Å²) in [6.07, 6.45) is 3.58. The lowest BCUT2D eigenvalue weighted by Crippen LogP contribution is -2.19. The van der Waals surface area contributed by atoms with Crippen molar-refractivity contribution in [3.63, 3.8) is 0 Å². The lowest BCUT2D eigenvalue weighted by atomic mass is 10.1. The van der Waals surface area contributed by atoms with Crippen molar-refractivity contribution in [2.75, 3.05) is 10.6 Å². The minimum atomic E-state index is -0.0959. The predicted molar refractivity (Wildman–Crippen MR) is 101 cm³/mol. The molecule has 0 bridgehead atoms. The molecule has 128 valence electrons. The highest BCUT2D eigenvalue weighted by molar-refractivity contribution is 5.90. The summed E-state index contributed by atoms with van der Waals surface area (Å²) in [7, 11) is 0. The van der Waals surface area contributed by atoms with E-state index in [4.69, 9.17) is 0 Å². The van der Waals surface area contributed by atoms with Gasteiger partial charge in [0.15, 0.2) is 0 Å². The first kappa shape index (κ1) is 16.8. The van der Waals surface area contributed by atoms with E-state index in [1.807, 2.05) is 55.6 Å². The molecule has 0 aliphatic heterocycles. The number of rotatable bonds is 6. The number of anilines is 2. The smallest absolute Gasteiger partial charge is 0.246 e. The van der Waals surface area contributed by atoms with E-state index in [0.29, 0.717) is 0 Å². The molecule has 2 aromatic carbocycles. The summed E-state index contributed by atoms with van der Waals surface area (Å²) in [6, 6.07) is 18.2. The lowest BCUT2D eigenvalue weighted by Gasteiger charge is -2.16. The van der Waals surface area contributed by atoms with Crippen LogP contribution < -0.4 is 10.6 Å². The number of carbonyl (C=O) groups is 1. The van der Waals surface area contributed by atoms with E-state index in [2.05, 4.69) is 34.8 Å². The summed E-state index contributed by atoms with van der Waals surface area (Å²) in [6.45, 7) is 4.28. The first-order chi connectivity index (χ1) is 12.1. The maximum absolute atomic E-state index is 12.1. The monoisotopic (exact) mass is 334 g/mol. The molecule has 0 fully saturated rings. The van der Waals surface area contributed by atoms with Crippen LogP contribution >= 0.6 is 0 Å². The van der Waals surface area contributed by atoms with Gasteiger partial charge in [-0.15, -0.1) is 0 Å². The summed E-state index contributed by atoms with van der Waals surface area (Å²) in [5, 5.41) is 10.5. The molecule has 0 spiro atoms. The van der Waals surface area contributed by atoms with Crippen molar-refractivity contribution in [2.24, 2.45) is 0 Å². The van der Waals surface area contributed by atoms with Gasteiger partial charge in [-0.25, -0.2) is 0 Å². The van der Waals surface area contributed by atoms with Crippen molar-refractivity contribution in [2.45, 2.75) is 26.4 Å². The summed E-state index contributed by atoms with van der Waals surface area (Å²) >= 11 is 0. The van der Waals surface area contributed by atoms with E-state index < -0.39 is 0 Å². The van der Waals surface area contributed by atoms with E-state index in [9.17, 15) is 4.79 Å². The van der Waals surface area contributed by atoms with E-state index in [1.165, 1.54) is 5.56 Å². The molecule has 25 heavy (non-hydrogen) atoms. The Kier molecular flexibility index (Phi) is 5.14. The maximum Gasteiger partial charge on any atom is 0.246 e. The molecule has 0 saturated heterocycles. The number of amides is 1. The first-order valence-corrected chi connectivity index (χ1v) is 8.30. The van der Waals surface area contributed by atoms with Crippen LogP contribution in [0.4, 0.5) is 11.4 Å². The van der Waals surface area contributed by atoms with Crippen molar-refractivity contribution in [1.82, 2.24) is 9.78 Å². The number of nitrogens with one attached hydrogen (secondary N) is 2. The topological polar surface area (TPSA) is 59.0 Å². The zero-order chi connectivity index (χ0) is 17.6. The number of hydrogen-bond acceptors (Lipinski definition) is 3. The van der Waals surface area contributed by atoms with Gasteiger partial charge in [0.05, 0.1) is 6.20 Å². The van der Waals surface area contributed by atoms with Crippen LogP contribution in [0, 0.1) is 6.92 Å². The number of carbonyl (C=O) groups excluding carboxylic acids is 1. The molecule has 1 atom stereocenters. The highest BCUT2D eigenvalue weighted by atomic mass is 16.2. The fourth-order valence-corrected chi connectivity index (χ4v) is 2.63. The van der Waals surface area contributed by atoms with E-state index in [0.717, 1.165) is 16.9 Å². The van der Waals surface area contributed by atoms with Crippen molar-refractivity contribution < 1.29 is 4.79 Å². The van der Waals surface area contributed by atoms with Crippen LogP contribution in [0.15, 0.2) is 67.0 Å². The summed E-state index contributed by atoms with van der Waals surface area (Å²) in [5.41, 5.74) is 4.05. The van der Waals surface area contributed by atoms with Crippen LogP contribution in [-0.2, 0) is 11.3 Å². The van der Waals surface area contributed by atoms with Gasteiger partial charge in [0.2, 0.25) is 5.91 Å². The van der Waals surface area contributed by atoms with Crippen molar-refractivity contribution in [3.8, 4) is 0 Å². The molecule has 3 aromatic rings. The Bertz CT molecular complexity index is 824. The van der Waals surface area contributed by atoms with Gasteiger partial charge in [-0.1, -0.05) is 30.3 Å². The number of nitrogens with zero attached hydrogens (tertiary/aromatic N) is 2. The Morgan fingerprint density at radius 3 is 2.40 bits per heavy atom. The second kappa shape index (κ2) is 7.66. The number of benzene rings is 2. The molecule has 0 saturated carbocycles. The van der Waals surface area contributed by atoms with Crippen molar-refractivity contribution in [1.29, 1.82) is 0 Å². The normalized spacial score (nSPS) is 11.8. The molecule has 5 nitrogen and oxygen atoms in total. The Labute approximate surface area is 147 Å². The third-order valence-corrected chi connectivity index (χ3v) is 3.92. The fraction of sp³-hybridized carbons (Fsp3) is 0.200. The fourth-order valence-electron chi connectivity index (χ4n) is 2.63. The maximum atomic E-state index is 12.1. The van der Waals surface area contributed by atoms with Crippen LogP contribution in [0.5, 0.6) is 0 Å². The molecule has 0 unspecified atom stereocenters. The minimum absolute atomic E-state index is 0.0959. The molecule has 0 aliphatic rings. The van der Waals surface area contributed by atoms with Gasteiger partial charge in [-0.2, -0.15) is 5.10 Å². The van der Waals surface area contributed by atoms with Crippen molar-refractivity contribution >= 4 is 17.3 Å². The van der Waals surface area contributed by atoms with E-state index in [-0.39, 0.29) is 18.5 Å². The largest absolute Gasteiger partial charge is 0.379 e. The molecule has 0 radical (unpaired) electrons. The Hall–Kier alpha value is -3.08. The molecule has 0 aliphatic carbocycles. The highest BCUT2D eigenvalue weighted by Gasteiger charge is 2.06. The van der Waals surface area contributed by atoms with Gasteiger partial charge in [-0.05, 0) is 49.2 Å². The molecule has 2 N–H and O–H groups in total. The molecular formula is C20H22N4O. The van der Waals surface area contributed by atoms with Crippen LogP contribution in [0.1, 0.15) is 24.1 Å². The summed E-state index contributed by atoms with van der Waals surface area (Å²) in [4.78, 5) is 12.1. The summed E-state index contributed by atoms with van der Waals surface area (Å²) in [5.74, 6) is -0.0959. The Morgan fingerprint density at radius 2 is 1.76 bits per heavy atom. The quantitative estimate of drug-likeness (QED) is 0.716.